The van der Waals surface area contributed by atoms with Gasteiger partial charge in [0.1, 0.15) is 6.61 Å². The number of ether oxygens (including phenoxy) is 1. The summed E-state index contributed by atoms with van der Waals surface area (Å²) in [7, 11) is 0. The van der Waals surface area contributed by atoms with Gasteiger partial charge in [0, 0.05) is 30.7 Å². The fourth-order valence-corrected chi connectivity index (χ4v) is 6.87. The second kappa shape index (κ2) is 11.5. The van der Waals surface area contributed by atoms with Crippen LogP contribution in [0.5, 0.6) is 0 Å². The van der Waals surface area contributed by atoms with Crippen LogP contribution in [-0.4, -0.2) is 46.8 Å². The number of carbonyl (C=O) groups excluding carboxylic acids is 2. The summed E-state index contributed by atoms with van der Waals surface area (Å²) in [6, 6.07) is 18.3. The Morgan fingerprint density at radius 3 is 2.92 bits per heavy atom. The molecule has 1 aromatic heterocycles. The van der Waals surface area contributed by atoms with E-state index in [4.69, 9.17) is 4.74 Å². The molecule has 2 fully saturated rings. The van der Waals surface area contributed by atoms with Gasteiger partial charge in [0.15, 0.2) is 0 Å². The zero-order valence-electron chi connectivity index (χ0n) is 21.1. The topological polar surface area (TPSA) is 71.5 Å². The predicted octanol–water partition coefficient (Wildman–Crippen LogP) is 5.67. The number of nitrogens with one attached hydrogen (secondary N) is 1. The first-order chi connectivity index (χ1) is 18.0. The van der Waals surface area contributed by atoms with Crippen molar-refractivity contribution in [3.8, 4) is 0 Å². The van der Waals surface area contributed by atoms with Crippen LogP contribution >= 0.6 is 11.8 Å². The van der Waals surface area contributed by atoms with Crippen molar-refractivity contribution in [2.75, 3.05) is 19.7 Å². The van der Waals surface area contributed by atoms with Gasteiger partial charge in [0.25, 0.3) is 5.24 Å². The second-order valence-corrected chi connectivity index (χ2v) is 11.0. The number of hydrogen-bond acceptors (Lipinski definition) is 5. The molecular weight excluding hydrogens is 482 g/mol. The molecule has 0 saturated carbocycles. The molecule has 2 aromatic carbocycles. The zero-order valence-corrected chi connectivity index (χ0v) is 22.0. The Kier molecular flexibility index (Phi) is 7.91. The highest BCUT2D eigenvalue weighted by molar-refractivity contribution is 8.14. The first kappa shape index (κ1) is 25.5. The van der Waals surface area contributed by atoms with Crippen molar-refractivity contribution in [1.29, 1.82) is 0 Å². The maximum absolute atomic E-state index is 12.9. The van der Waals surface area contributed by atoms with Gasteiger partial charge in [-0.1, -0.05) is 59.8 Å². The van der Waals surface area contributed by atoms with E-state index < -0.39 is 0 Å². The highest BCUT2D eigenvalue weighted by Crippen LogP contribution is 2.50. The minimum absolute atomic E-state index is 0.0293. The molecule has 0 aliphatic carbocycles. The first-order valence-corrected chi connectivity index (χ1v) is 13.7. The average Bonchev–Trinajstić information content (AvgIpc) is 3.24. The SMILES string of the molecule is C=C[C@@H](CNC(=O)COCc1ccccc1)[C@H]1CCN2C(=O)S[C@@H](c3ccnc4ccc(C)cc34)[C@@H]2C1. The highest BCUT2D eigenvalue weighted by Gasteiger charge is 2.46. The van der Waals surface area contributed by atoms with Crippen molar-refractivity contribution in [2.24, 2.45) is 11.8 Å². The third kappa shape index (κ3) is 5.73. The van der Waals surface area contributed by atoms with Crippen molar-refractivity contribution < 1.29 is 14.3 Å². The maximum atomic E-state index is 12.9. The summed E-state index contributed by atoms with van der Waals surface area (Å²) < 4.78 is 5.58. The number of rotatable bonds is 9. The molecule has 37 heavy (non-hydrogen) atoms. The second-order valence-electron chi connectivity index (χ2n) is 9.95. The van der Waals surface area contributed by atoms with Gasteiger partial charge in [-0.2, -0.15) is 0 Å². The summed E-state index contributed by atoms with van der Waals surface area (Å²) in [6.45, 7) is 7.85. The summed E-state index contributed by atoms with van der Waals surface area (Å²) in [6.07, 6.45) is 5.59. The molecule has 0 unspecified atom stereocenters. The smallest absolute Gasteiger partial charge is 0.282 e. The molecule has 3 aromatic rings. The number of hydrogen-bond donors (Lipinski definition) is 1. The molecule has 2 aliphatic heterocycles. The quantitative estimate of drug-likeness (QED) is 0.372. The van der Waals surface area contributed by atoms with E-state index >= 15 is 0 Å². The van der Waals surface area contributed by atoms with E-state index in [9.17, 15) is 9.59 Å². The molecule has 2 amide bonds. The van der Waals surface area contributed by atoms with Crippen LogP contribution in [0.1, 0.15) is 34.8 Å². The Bertz CT molecular complexity index is 1280. The third-order valence-corrected chi connectivity index (χ3v) is 8.78. The molecule has 3 heterocycles. The maximum Gasteiger partial charge on any atom is 0.282 e. The molecule has 6 nitrogen and oxygen atoms in total. The highest BCUT2D eigenvalue weighted by atomic mass is 32.2. The summed E-state index contributed by atoms with van der Waals surface area (Å²) in [5.74, 6) is 0.356. The number of thioether (sulfide) groups is 1. The fourth-order valence-electron chi connectivity index (χ4n) is 5.54. The van der Waals surface area contributed by atoms with Crippen LogP contribution in [0.2, 0.25) is 0 Å². The van der Waals surface area contributed by atoms with E-state index in [1.165, 1.54) is 22.9 Å². The Hall–Kier alpha value is -3.16. The van der Waals surface area contributed by atoms with Crippen molar-refractivity contribution in [3.63, 3.8) is 0 Å². The molecule has 0 spiro atoms. The van der Waals surface area contributed by atoms with Crippen molar-refractivity contribution in [1.82, 2.24) is 15.2 Å². The minimum Gasteiger partial charge on any atom is -0.367 e. The molecule has 4 atom stereocenters. The van der Waals surface area contributed by atoms with E-state index in [0.717, 1.165) is 35.9 Å². The number of piperidine rings is 1. The number of fused-ring (bicyclic) bond motifs is 2. The van der Waals surface area contributed by atoms with Gasteiger partial charge in [-0.05, 0) is 60.9 Å². The van der Waals surface area contributed by atoms with Crippen LogP contribution in [-0.2, 0) is 16.1 Å². The van der Waals surface area contributed by atoms with Crippen LogP contribution in [0.3, 0.4) is 0 Å². The van der Waals surface area contributed by atoms with Gasteiger partial charge >= 0.3 is 0 Å². The van der Waals surface area contributed by atoms with Crippen LogP contribution in [0.25, 0.3) is 10.9 Å². The molecule has 0 radical (unpaired) electrons. The van der Waals surface area contributed by atoms with E-state index in [2.05, 4.69) is 48.1 Å². The van der Waals surface area contributed by atoms with Gasteiger partial charge in [-0.3, -0.25) is 14.6 Å². The number of amides is 2. The molecule has 192 valence electrons. The van der Waals surface area contributed by atoms with Crippen molar-refractivity contribution in [2.45, 2.75) is 37.7 Å². The average molecular weight is 516 g/mol. The summed E-state index contributed by atoms with van der Waals surface area (Å²) in [4.78, 5) is 31.9. The number of pyridine rings is 1. The van der Waals surface area contributed by atoms with Crippen LogP contribution in [0.4, 0.5) is 4.79 Å². The lowest BCUT2D eigenvalue weighted by molar-refractivity contribution is -0.126. The molecule has 2 aliphatic rings. The lowest BCUT2D eigenvalue weighted by Gasteiger charge is -2.39. The first-order valence-electron chi connectivity index (χ1n) is 12.9. The number of aryl methyl sites for hydroxylation is 1. The monoisotopic (exact) mass is 515 g/mol. The molecule has 1 N–H and O–H groups in total. The van der Waals surface area contributed by atoms with Gasteiger partial charge in [0.2, 0.25) is 5.91 Å². The van der Waals surface area contributed by atoms with Gasteiger partial charge < -0.3 is 15.0 Å². The van der Waals surface area contributed by atoms with E-state index in [1.54, 1.807) is 0 Å². The Morgan fingerprint density at radius 1 is 1.27 bits per heavy atom. The Morgan fingerprint density at radius 2 is 2.11 bits per heavy atom. The number of aromatic nitrogens is 1. The van der Waals surface area contributed by atoms with Crippen LogP contribution in [0, 0.1) is 18.8 Å². The third-order valence-electron chi connectivity index (χ3n) is 7.52. The number of nitrogens with zero attached hydrogens (tertiary/aromatic N) is 2. The van der Waals surface area contributed by atoms with E-state index in [-0.39, 0.29) is 35.0 Å². The summed E-state index contributed by atoms with van der Waals surface area (Å²) in [5, 5.41) is 4.38. The zero-order chi connectivity index (χ0) is 25.8. The molecular formula is C30H33N3O3S. The molecule has 5 rings (SSSR count). The lowest BCUT2D eigenvalue weighted by Crippen LogP contribution is -2.45. The largest absolute Gasteiger partial charge is 0.367 e. The van der Waals surface area contributed by atoms with E-state index in [1.807, 2.05) is 47.5 Å². The van der Waals surface area contributed by atoms with Crippen molar-refractivity contribution >= 4 is 33.8 Å². The van der Waals surface area contributed by atoms with Crippen molar-refractivity contribution in [3.05, 3.63) is 90.1 Å². The Labute approximate surface area is 222 Å². The van der Waals surface area contributed by atoms with Crippen LogP contribution < -0.4 is 5.32 Å². The minimum atomic E-state index is -0.122. The lowest BCUT2D eigenvalue weighted by atomic mass is 9.79. The predicted molar refractivity (Wildman–Crippen MR) is 148 cm³/mol. The molecule has 0 bridgehead atoms. The van der Waals surface area contributed by atoms with Gasteiger partial charge in [0.05, 0.1) is 17.4 Å². The van der Waals surface area contributed by atoms with Gasteiger partial charge in [-0.15, -0.1) is 6.58 Å². The number of benzene rings is 2. The molecule has 2 saturated heterocycles. The number of carbonyl (C=O) groups is 2. The molecule has 7 heteroatoms. The standard InChI is InChI=1S/C30H33N3O3S/c1-3-22(17-32-28(34)19-36-18-21-7-5-4-6-8-21)23-12-14-33-27(16-23)29(37-30(33)35)24-11-13-31-26-10-9-20(2)15-25(24)26/h3-11,13,15,22-23,27,29H,1,12,14,16-19H2,2H3,(H,32,34)/t22-,23-,27-,29-/m0/s1. The summed E-state index contributed by atoms with van der Waals surface area (Å²) in [5.41, 5.74) is 4.37. The normalized spacial score (nSPS) is 22.0. The summed E-state index contributed by atoms with van der Waals surface area (Å²) >= 11 is 1.44. The van der Waals surface area contributed by atoms with E-state index in [0.29, 0.717) is 19.1 Å². The fraction of sp³-hybridized carbons (Fsp3) is 0.367. The van der Waals surface area contributed by atoms with Gasteiger partial charge in [-0.25, -0.2) is 0 Å². The Balaban J connectivity index is 1.22. The van der Waals surface area contributed by atoms with Crippen LogP contribution in [0.15, 0.2) is 73.4 Å².